The van der Waals surface area contributed by atoms with Crippen molar-refractivity contribution >= 4 is 21.7 Å². The minimum Gasteiger partial charge on any atom is -0.383 e. The van der Waals surface area contributed by atoms with Crippen molar-refractivity contribution in [2.45, 2.75) is 18.9 Å². The van der Waals surface area contributed by atoms with Gasteiger partial charge in [-0.3, -0.25) is 9.48 Å². The number of ether oxygens (including phenoxy) is 1. The Balaban J connectivity index is 3.08. The molecule has 0 aliphatic rings. The molecule has 0 aromatic carbocycles. The number of hydrogen-bond acceptors (Lipinski definition) is 3. The molecule has 0 aliphatic carbocycles. The molecule has 0 aliphatic heterocycles. The number of alkyl halides is 4. The number of ketones is 1. The molecule has 0 fully saturated rings. The second-order valence-corrected chi connectivity index (χ2v) is 4.16. The van der Waals surface area contributed by atoms with Gasteiger partial charge in [0.25, 0.3) is 5.78 Å². The fraction of sp³-hybridized carbons (Fsp3) is 0.556. The average Bonchev–Trinajstić information content (AvgIpc) is 2.66. The molecule has 0 radical (unpaired) electrons. The number of carbonyl (C=O) groups is 1. The van der Waals surface area contributed by atoms with Crippen molar-refractivity contribution in [1.82, 2.24) is 9.78 Å². The van der Waals surface area contributed by atoms with Gasteiger partial charge in [0.05, 0.1) is 23.8 Å². The second kappa shape index (κ2) is 5.79. The third kappa shape index (κ3) is 2.89. The van der Waals surface area contributed by atoms with Crippen molar-refractivity contribution < 1.29 is 27.1 Å². The smallest absolute Gasteiger partial charge is 0.370 e. The Morgan fingerprint density at radius 1 is 1.61 bits per heavy atom. The van der Waals surface area contributed by atoms with Crippen LogP contribution in [0, 0.1) is 0 Å². The predicted octanol–water partition coefficient (Wildman–Crippen LogP) is 2.38. The Hall–Kier alpha value is -0.960. The Morgan fingerprint density at radius 2 is 2.22 bits per heavy atom. The maximum absolute atomic E-state index is 13.0. The van der Waals surface area contributed by atoms with Crippen LogP contribution in [-0.4, -0.2) is 41.6 Å². The normalized spacial score (nSPS) is 12.2. The average molecular weight is 333 g/mol. The topological polar surface area (TPSA) is 44.1 Å². The summed E-state index contributed by atoms with van der Waals surface area (Å²) < 4.78 is 55.8. The molecule has 0 N–H and O–H groups in total. The quantitative estimate of drug-likeness (QED) is 0.593. The molecule has 0 saturated carbocycles. The summed E-state index contributed by atoms with van der Waals surface area (Å²) >= 11 is 2.83. The van der Waals surface area contributed by atoms with Gasteiger partial charge in [0, 0.05) is 7.11 Å². The monoisotopic (exact) mass is 332 g/mol. The summed E-state index contributed by atoms with van der Waals surface area (Å²) in [5.74, 6) is -6.72. The first-order valence-electron chi connectivity index (χ1n) is 4.73. The van der Waals surface area contributed by atoms with E-state index in [-0.39, 0.29) is 17.6 Å². The van der Waals surface area contributed by atoms with Crippen LogP contribution in [0.4, 0.5) is 17.6 Å². The minimum atomic E-state index is -4.74. The van der Waals surface area contributed by atoms with Gasteiger partial charge in [0.2, 0.25) is 0 Å². The third-order valence-corrected chi connectivity index (χ3v) is 2.67. The van der Waals surface area contributed by atoms with Crippen LogP contribution in [0.5, 0.6) is 0 Å². The van der Waals surface area contributed by atoms with Crippen molar-refractivity contribution in [1.29, 1.82) is 0 Å². The number of nitrogens with zero attached hydrogens (tertiary/aromatic N) is 2. The van der Waals surface area contributed by atoms with Crippen molar-refractivity contribution in [3.8, 4) is 0 Å². The molecule has 0 bridgehead atoms. The van der Waals surface area contributed by atoms with Crippen LogP contribution < -0.4 is 0 Å². The number of hydrogen-bond donors (Lipinski definition) is 0. The largest absolute Gasteiger partial charge is 0.383 e. The molecule has 0 amide bonds. The summed E-state index contributed by atoms with van der Waals surface area (Å²) in [5.41, 5.74) is -0.600. The molecule has 0 saturated heterocycles. The maximum atomic E-state index is 13.0. The van der Waals surface area contributed by atoms with Crippen LogP contribution in [0.25, 0.3) is 0 Å². The van der Waals surface area contributed by atoms with Gasteiger partial charge < -0.3 is 4.74 Å². The molecule has 4 nitrogen and oxygen atoms in total. The zero-order valence-corrected chi connectivity index (χ0v) is 10.8. The first-order valence-corrected chi connectivity index (χ1v) is 5.52. The minimum absolute atomic E-state index is 0.00247. The van der Waals surface area contributed by atoms with E-state index in [1.54, 1.807) is 0 Å². The number of carbonyl (C=O) groups excluding carboxylic acids is 1. The summed E-state index contributed by atoms with van der Waals surface area (Å²) in [7, 11) is 1.37. The molecule has 0 atom stereocenters. The lowest BCUT2D eigenvalue weighted by Crippen LogP contribution is -2.38. The summed E-state index contributed by atoms with van der Waals surface area (Å²) in [6, 6.07) is 0. The lowest BCUT2D eigenvalue weighted by Gasteiger charge is -2.15. The third-order valence-electron chi connectivity index (χ3n) is 2.09. The molecule has 0 spiro atoms. The van der Waals surface area contributed by atoms with Gasteiger partial charge in [-0.15, -0.1) is 0 Å². The van der Waals surface area contributed by atoms with Gasteiger partial charge in [0.1, 0.15) is 5.69 Å². The highest BCUT2D eigenvalue weighted by atomic mass is 79.9. The number of methoxy groups -OCH3 is 1. The van der Waals surface area contributed by atoms with Gasteiger partial charge in [-0.2, -0.15) is 13.9 Å². The lowest BCUT2D eigenvalue weighted by molar-refractivity contribution is -0.0963. The molecular weight excluding hydrogens is 324 g/mol. The number of halogens is 5. The number of Topliss-reactive ketones (excluding diaryl/α,β-unsaturated/α-hetero) is 1. The van der Waals surface area contributed by atoms with Gasteiger partial charge in [-0.05, 0) is 15.9 Å². The highest BCUT2D eigenvalue weighted by molar-refractivity contribution is 9.10. The zero-order valence-electron chi connectivity index (χ0n) is 9.17. The standard InChI is InChI=1S/C9H9BrF4N2O2/c1-18-3-2-16-6(5(10)4-15-16)7(17)9(13,14)8(11)12/h4,8H,2-3H2,1H3. The second-order valence-electron chi connectivity index (χ2n) is 3.31. The van der Waals surface area contributed by atoms with E-state index in [2.05, 4.69) is 21.0 Å². The van der Waals surface area contributed by atoms with E-state index in [9.17, 15) is 22.4 Å². The van der Waals surface area contributed by atoms with Crippen LogP contribution in [0.1, 0.15) is 10.5 Å². The predicted molar refractivity (Wildman–Crippen MR) is 57.1 cm³/mol. The van der Waals surface area contributed by atoms with Gasteiger partial charge in [0.15, 0.2) is 0 Å². The molecule has 102 valence electrons. The van der Waals surface area contributed by atoms with Crippen molar-refractivity contribution in [2.24, 2.45) is 0 Å². The maximum Gasteiger partial charge on any atom is 0.370 e. The summed E-state index contributed by atoms with van der Waals surface area (Å²) in [5, 5.41) is 3.64. The fourth-order valence-electron chi connectivity index (χ4n) is 1.19. The van der Waals surface area contributed by atoms with Gasteiger partial charge >= 0.3 is 12.3 Å². The summed E-state index contributed by atoms with van der Waals surface area (Å²) in [4.78, 5) is 11.4. The van der Waals surface area contributed by atoms with Crippen LogP contribution in [0.3, 0.4) is 0 Å². The Bertz CT molecular complexity index is 436. The molecule has 18 heavy (non-hydrogen) atoms. The Morgan fingerprint density at radius 3 is 2.72 bits per heavy atom. The fourth-order valence-corrected chi connectivity index (χ4v) is 1.67. The lowest BCUT2D eigenvalue weighted by atomic mass is 10.1. The van der Waals surface area contributed by atoms with Crippen LogP contribution in [-0.2, 0) is 11.3 Å². The van der Waals surface area contributed by atoms with E-state index in [0.29, 0.717) is 0 Å². The molecule has 1 rings (SSSR count). The van der Waals surface area contributed by atoms with Crippen molar-refractivity contribution in [3.63, 3.8) is 0 Å². The Kier molecular flexibility index (Phi) is 4.85. The van der Waals surface area contributed by atoms with E-state index in [1.807, 2.05) is 0 Å². The van der Waals surface area contributed by atoms with Crippen LogP contribution in [0.2, 0.25) is 0 Å². The number of rotatable bonds is 6. The van der Waals surface area contributed by atoms with Gasteiger partial charge in [-0.1, -0.05) is 0 Å². The van der Waals surface area contributed by atoms with Crippen molar-refractivity contribution in [3.05, 3.63) is 16.4 Å². The van der Waals surface area contributed by atoms with E-state index >= 15 is 0 Å². The molecule has 9 heteroatoms. The molecule has 1 heterocycles. The van der Waals surface area contributed by atoms with E-state index in [4.69, 9.17) is 4.74 Å². The molecule has 0 unspecified atom stereocenters. The first kappa shape index (κ1) is 15.1. The summed E-state index contributed by atoms with van der Waals surface area (Å²) in [6.07, 6.45) is -2.98. The van der Waals surface area contributed by atoms with E-state index in [1.165, 1.54) is 7.11 Å². The molecule has 1 aromatic rings. The highest BCUT2D eigenvalue weighted by Gasteiger charge is 2.50. The SMILES string of the molecule is COCCn1ncc(Br)c1C(=O)C(F)(F)C(F)F. The number of aromatic nitrogens is 2. The zero-order chi connectivity index (χ0) is 13.9. The first-order chi connectivity index (χ1) is 8.32. The van der Waals surface area contributed by atoms with Crippen LogP contribution >= 0.6 is 15.9 Å². The molecular formula is C9H9BrF4N2O2. The molecule has 1 aromatic heterocycles. The van der Waals surface area contributed by atoms with E-state index in [0.717, 1.165) is 10.9 Å². The highest BCUT2D eigenvalue weighted by Crippen LogP contribution is 2.30. The van der Waals surface area contributed by atoms with Gasteiger partial charge in [-0.25, -0.2) is 8.78 Å². The van der Waals surface area contributed by atoms with Crippen molar-refractivity contribution in [2.75, 3.05) is 13.7 Å². The van der Waals surface area contributed by atoms with E-state index < -0.39 is 23.8 Å². The Labute approximate surface area is 108 Å². The summed E-state index contributed by atoms with van der Waals surface area (Å²) in [6.45, 7) is 0.108. The van der Waals surface area contributed by atoms with Crippen LogP contribution in [0.15, 0.2) is 10.7 Å².